The summed E-state index contributed by atoms with van der Waals surface area (Å²) >= 11 is 0. The minimum absolute atomic E-state index is 0. The van der Waals surface area contributed by atoms with Gasteiger partial charge < -0.3 is 6.74 Å². The molecule has 0 saturated carbocycles. The van der Waals surface area contributed by atoms with Gasteiger partial charge in [-0.1, -0.05) is 29.8 Å². The summed E-state index contributed by atoms with van der Waals surface area (Å²) in [4.78, 5) is 12.1. The van der Waals surface area contributed by atoms with Crippen LogP contribution in [0.25, 0.3) is 10.8 Å². The molecular formula is C18H16NNaO4S. The van der Waals surface area contributed by atoms with Crippen molar-refractivity contribution in [2.45, 2.75) is 11.8 Å². The Morgan fingerprint density at radius 2 is 1.56 bits per heavy atom. The largest absolute Gasteiger partial charge is 1.00 e. The number of anilines is 1. The predicted octanol–water partition coefficient (Wildman–Crippen LogP) is 0.764. The molecule has 0 aromatic heterocycles. The molecule has 0 aliphatic heterocycles. The van der Waals surface area contributed by atoms with Crippen LogP contribution < -0.4 is 34.9 Å². The Balaban J connectivity index is 0.00000169. The number of carbonyl (C=O) groups excluding carboxylic acids is 1. The van der Waals surface area contributed by atoms with Crippen LogP contribution >= 0.6 is 0 Å². The summed E-state index contributed by atoms with van der Waals surface area (Å²) in [6, 6.07) is 16.7. The van der Waals surface area contributed by atoms with Gasteiger partial charge in [0.05, 0.1) is 4.90 Å². The molecule has 5 nitrogen and oxygen atoms in total. The van der Waals surface area contributed by atoms with Crippen molar-refractivity contribution >= 4 is 32.5 Å². The summed E-state index contributed by atoms with van der Waals surface area (Å²) in [7, 11) is -4.23. The molecular weight excluding hydrogens is 349 g/mol. The zero-order valence-electron chi connectivity index (χ0n) is 14.9. The van der Waals surface area contributed by atoms with Crippen LogP contribution in [0.1, 0.15) is 17.3 Å². The van der Waals surface area contributed by atoms with E-state index in [0.717, 1.165) is 10.9 Å². The summed E-state index contributed by atoms with van der Waals surface area (Å²) in [5.74, 6) is -0.219. The molecule has 0 bridgehead atoms. The molecule has 0 radical (unpaired) electrons. The Labute approximate surface area is 169 Å². The van der Waals surface area contributed by atoms with E-state index < -0.39 is 10.1 Å². The SMILES string of the molecule is Cc1ccc(C(=O)Nc2ccc3cc(S(=O)(=O)O)ccc3c2)cc1.[H-].[Na+]. The van der Waals surface area contributed by atoms with Gasteiger partial charge in [0, 0.05) is 11.3 Å². The zero-order valence-corrected chi connectivity index (χ0v) is 16.7. The van der Waals surface area contributed by atoms with Crippen molar-refractivity contribution in [2.24, 2.45) is 0 Å². The molecule has 2 N–H and O–H groups in total. The second kappa shape index (κ2) is 7.68. The average Bonchev–Trinajstić information content (AvgIpc) is 2.54. The van der Waals surface area contributed by atoms with Crippen LogP contribution in [0.2, 0.25) is 0 Å². The number of amides is 1. The molecule has 0 saturated heterocycles. The number of rotatable bonds is 3. The maximum Gasteiger partial charge on any atom is 1.00 e. The van der Waals surface area contributed by atoms with Crippen molar-refractivity contribution in [3.8, 4) is 0 Å². The van der Waals surface area contributed by atoms with Gasteiger partial charge in [0.25, 0.3) is 16.0 Å². The van der Waals surface area contributed by atoms with Gasteiger partial charge in [-0.3, -0.25) is 9.35 Å². The van der Waals surface area contributed by atoms with Gasteiger partial charge in [-0.2, -0.15) is 8.42 Å². The third kappa shape index (κ3) is 4.68. The van der Waals surface area contributed by atoms with Crippen LogP contribution in [-0.4, -0.2) is 18.9 Å². The number of benzene rings is 3. The van der Waals surface area contributed by atoms with Crippen LogP contribution in [-0.2, 0) is 10.1 Å². The Bertz CT molecular complexity index is 1040. The third-order valence-corrected chi connectivity index (χ3v) is 4.53. The van der Waals surface area contributed by atoms with Crippen LogP contribution in [0.5, 0.6) is 0 Å². The molecule has 0 atom stereocenters. The number of hydrogen-bond donors (Lipinski definition) is 2. The van der Waals surface area contributed by atoms with Gasteiger partial charge in [0.1, 0.15) is 0 Å². The first-order chi connectivity index (χ1) is 11.3. The minimum Gasteiger partial charge on any atom is -1.00 e. The first-order valence-corrected chi connectivity index (χ1v) is 8.66. The van der Waals surface area contributed by atoms with Crippen molar-refractivity contribution in [1.29, 1.82) is 0 Å². The molecule has 3 aromatic rings. The molecule has 0 unspecified atom stereocenters. The van der Waals surface area contributed by atoms with Crippen LogP contribution in [0.3, 0.4) is 0 Å². The molecule has 7 heteroatoms. The summed E-state index contributed by atoms with van der Waals surface area (Å²) in [6.45, 7) is 1.95. The van der Waals surface area contributed by atoms with Crippen molar-refractivity contribution in [1.82, 2.24) is 0 Å². The molecule has 25 heavy (non-hydrogen) atoms. The standard InChI is InChI=1S/C18H15NO4S.Na.H/c1-12-2-4-13(5-3-12)18(20)19-16-8-6-15-11-17(24(21,22)23)9-7-14(15)10-16;;/h2-11H,1H3,(H,19,20)(H,21,22,23);;/q;+1;-1. The normalized spacial score (nSPS) is 11.0. The number of hydrogen-bond acceptors (Lipinski definition) is 3. The number of nitrogens with one attached hydrogen (secondary N) is 1. The first kappa shape index (κ1) is 19.6. The van der Waals surface area contributed by atoms with E-state index in [-0.39, 0.29) is 41.8 Å². The maximum atomic E-state index is 12.2. The predicted molar refractivity (Wildman–Crippen MR) is 94.0 cm³/mol. The topological polar surface area (TPSA) is 83.5 Å². The molecule has 1 amide bonds. The van der Waals surface area contributed by atoms with Gasteiger partial charge in [0.15, 0.2) is 0 Å². The quantitative estimate of drug-likeness (QED) is 0.530. The zero-order chi connectivity index (χ0) is 17.3. The fraction of sp³-hybridized carbons (Fsp3) is 0.0556. The molecule has 0 fully saturated rings. The second-order valence-corrected chi connectivity index (χ2v) is 6.94. The molecule has 0 aliphatic carbocycles. The van der Waals surface area contributed by atoms with E-state index in [2.05, 4.69) is 5.32 Å². The van der Waals surface area contributed by atoms with Crippen LogP contribution in [0, 0.1) is 6.92 Å². The van der Waals surface area contributed by atoms with Crippen molar-refractivity contribution in [2.75, 3.05) is 5.32 Å². The average molecular weight is 365 g/mol. The molecule has 124 valence electrons. The van der Waals surface area contributed by atoms with Crippen LogP contribution in [0.15, 0.2) is 65.6 Å². The molecule has 0 heterocycles. The second-order valence-electron chi connectivity index (χ2n) is 5.52. The number of aryl methyl sites for hydroxylation is 1. The van der Waals surface area contributed by atoms with E-state index in [1.54, 1.807) is 36.4 Å². The Morgan fingerprint density at radius 1 is 0.960 bits per heavy atom. The van der Waals surface area contributed by atoms with E-state index in [1.807, 2.05) is 19.1 Å². The van der Waals surface area contributed by atoms with E-state index in [9.17, 15) is 13.2 Å². The monoisotopic (exact) mass is 365 g/mol. The molecule has 3 rings (SSSR count). The number of carbonyl (C=O) groups is 1. The van der Waals surface area contributed by atoms with Gasteiger partial charge in [-0.15, -0.1) is 0 Å². The van der Waals surface area contributed by atoms with Crippen molar-refractivity contribution < 1.29 is 48.7 Å². The van der Waals surface area contributed by atoms with E-state index in [1.165, 1.54) is 12.1 Å². The molecule has 0 spiro atoms. The fourth-order valence-corrected chi connectivity index (χ4v) is 2.89. The smallest absolute Gasteiger partial charge is 1.00 e. The van der Waals surface area contributed by atoms with E-state index in [4.69, 9.17) is 4.55 Å². The fourth-order valence-electron chi connectivity index (χ4n) is 2.37. The van der Waals surface area contributed by atoms with Gasteiger partial charge >= 0.3 is 29.6 Å². The Morgan fingerprint density at radius 3 is 2.20 bits per heavy atom. The van der Waals surface area contributed by atoms with E-state index >= 15 is 0 Å². The van der Waals surface area contributed by atoms with E-state index in [0.29, 0.717) is 16.6 Å². The Hall–Kier alpha value is -1.70. The van der Waals surface area contributed by atoms with Gasteiger partial charge in [-0.05, 0) is 54.1 Å². The van der Waals surface area contributed by atoms with Crippen molar-refractivity contribution in [3.05, 3.63) is 71.8 Å². The van der Waals surface area contributed by atoms with Crippen LogP contribution in [0.4, 0.5) is 5.69 Å². The van der Waals surface area contributed by atoms with Crippen molar-refractivity contribution in [3.63, 3.8) is 0 Å². The van der Waals surface area contributed by atoms with Gasteiger partial charge in [-0.25, -0.2) is 0 Å². The third-order valence-electron chi connectivity index (χ3n) is 3.68. The first-order valence-electron chi connectivity index (χ1n) is 7.22. The summed E-state index contributed by atoms with van der Waals surface area (Å²) < 4.78 is 31.4. The number of fused-ring (bicyclic) bond motifs is 1. The summed E-state index contributed by atoms with van der Waals surface area (Å²) in [5, 5.41) is 4.21. The molecule has 0 aliphatic rings. The molecule has 3 aromatic carbocycles. The van der Waals surface area contributed by atoms with Gasteiger partial charge in [0.2, 0.25) is 0 Å². The summed E-state index contributed by atoms with van der Waals surface area (Å²) in [6.07, 6.45) is 0. The summed E-state index contributed by atoms with van der Waals surface area (Å²) in [5.41, 5.74) is 2.24. The minimum atomic E-state index is -4.23. The Kier molecular flexibility index (Phi) is 6.03. The maximum absolute atomic E-state index is 12.2.